The highest BCUT2D eigenvalue weighted by Gasteiger charge is 2.26. The highest BCUT2D eigenvalue weighted by molar-refractivity contribution is 6.14. The smallest absolute Gasteiger partial charge is 0.0998 e. The quantitative estimate of drug-likeness (QED) is 0.146. The number of rotatable bonds is 7. The van der Waals surface area contributed by atoms with Crippen molar-refractivity contribution in [2.24, 2.45) is 0 Å². The van der Waals surface area contributed by atoms with E-state index in [-0.39, 0.29) is 0 Å². The van der Waals surface area contributed by atoms with Crippen LogP contribution in [-0.4, -0.2) is 14.1 Å². The fourth-order valence-electron chi connectivity index (χ4n) is 10.8. The van der Waals surface area contributed by atoms with E-state index in [2.05, 4.69) is 63.8 Å². The second kappa shape index (κ2) is 19.4. The van der Waals surface area contributed by atoms with Crippen LogP contribution in [0.2, 0.25) is 0 Å². The molecule has 0 aliphatic heterocycles. The summed E-state index contributed by atoms with van der Waals surface area (Å²) in [6.45, 7) is 0. The van der Waals surface area contributed by atoms with Gasteiger partial charge in [-0.15, -0.1) is 0 Å². The summed E-state index contributed by atoms with van der Waals surface area (Å²) in [5.41, 5.74) is 13.4. The molecule has 9 aromatic carbocycles. The van der Waals surface area contributed by atoms with Crippen LogP contribution in [0, 0.1) is 102 Å². The van der Waals surface area contributed by atoms with Crippen LogP contribution in [0.25, 0.3) is 111 Å². The third-order valence-corrected chi connectivity index (χ3v) is 14.3. The van der Waals surface area contributed by atoms with E-state index in [0.29, 0.717) is 139 Å². The maximum absolute atomic E-state index is 11.0. The Bertz CT molecular complexity index is 4460. The Labute approximate surface area is 456 Å². The van der Waals surface area contributed by atoms with Crippen molar-refractivity contribution in [2.75, 3.05) is 0 Å². The first-order valence-corrected chi connectivity index (χ1v) is 24.7. The zero-order valence-corrected chi connectivity index (χ0v) is 41.7. The van der Waals surface area contributed by atoms with Crippen LogP contribution in [0.15, 0.2) is 182 Å². The lowest BCUT2D eigenvalue weighted by Gasteiger charge is -2.20. The summed E-state index contributed by atoms with van der Waals surface area (Å²) in [4.78, 5) is 5.06. The van der Waals surface area contributed by atoms with Crippen LogP contribution in [0.1, 0.15) is 50.1 Å². The monoisotopic (exact) mass is 1010 g/mol. The van der Waals surface area contributed by atoms with Gasteiger partial charge in [-0.3, -0.25) is 4.98 Å². The topological polar surface area (TPSA) is 237 Å². The number of nitrogens with zero attached hydrogens (tertiary/aromatic N) is 12. The molecular weight excluding hydrogens is 985 g/mol. The first-order chi connectivity index (χ1) is 39.2. The van der Waals surface area contributed by atoms with Gasteiger partial charge in [-0.25, -0.2) is 0 Å². The average molecular weight is 1020 g/mol. The molecule has 80 heavy (non-hydrogen) atoms. The minimum absolute atomic E-state index is 0.317. The summed E-state index contributed by atoms with van der Waals surface area (Å²) in [5, 5.41) is 94.7. The lowest BCUT2D eigenvalue weighted by Crippen LogP contribution is -2.06. The molecule has 0 saturated carbocycles. The van der Waals surface area contributed by atoms with E-state index < -0.39 is 0 Å². The zero-order valence-electron chi connectivity index (χ0n) is 41.7. The molecule has 12 aromatic rings. The predicted octanol–water partition coefficient (Wildman–Crippen LogP) is 14.5. The lowest BCUT2D eigenvalue weighted by molar-refractivity contribution is 1.09. The van der Waals surface area contributed by atoms with E-state index in [1.165, 1.54) is 24.3 Å². The van der Waals surface area contributed by atoms with Gasteiger partial charge >= 0.3 is 0 Å². The third-order valence-electron chi connectivity index (χ3n) is 14.3. The molecule has 0 unspecified atom stereocenters. The molecule has 3 heterocycles. The Balaban J connectivity index is 1.24. The molecule has 12 nitrogen and oxygen atoms in total. The number of benzene rings is 9. The van der Waals surface area contributed by atoms with Crippen molar-refractivity contribution in [1.82, 2.24) is 14.1 Å². The second-order valence-electron chi connectivity index (χ2n) is 18.9. The zero-order chi connectivity index (χ0) is 55.2. The summed E-state index contributed by atoms with van der Waals surface area (Å²) in [6, 6.07) is 71.0. The number of aromatic nitrogens is 3. The van der Waals surface area contributed by atoms with Crippen molar-refractivity contribution in [2.45, 2.75) is 0 Å². The minimum atomic E-state index is 0.317. The molecule has 0 bridgehead atoms. The van der Waals surface area contributed by atoms with Gasteiger partial charge in [-0.1, -0.05) is 66.7 Å². The van der Waals surface area contributed by atoms with Crippen molar-refractivity contribution in [3.05, 3.63) is 232 Å². The first-order valence-electron chi connectivity index (χ1n) is 24.7. The van der Waals surface area contributed by atoms with Crippen LogP contribution in [-0.2, 0) is 0 Å². The van der Waals surface area contributed by atoms with E-state index >= 15 is 0 Å². The molecule has 0 N–H and O–H groups in total. The Kier molecular flexibility index (Phi) is 11.7. The highest BCUT2D eigenvalue weighted by atomic mass is 15.0. The molecule has 0 atom stereocenters. The van der Waals surface area contributed by atoms with E-state index in [9.17, 15) is 47.4 Å². The molecule has 0 radical (unpaired) electrons. The summed E-state index contributed by atoms with van der Waals surface area (Å²) in [6.07, 6.45) is 3.50. The maximum atomic E-state index is 11.0. The highest BCUT2D eigenvalue weighted by Crippen LogP contribution is 2.45. The fraction of sp³-hybridized carbons (Fsp3) is 0. The standard InChI is InChI=1S/C68H30N12/c69-29-40-13-41(30-70)18-53(17-40)48-5-9-58-59-10-6-49(54-19-42(31-71)14-43(20-54)32-72)26-63(59)79(62(58)25-48)66-38-78-39-67(68(66)57-4-2-1-3-52(57)37-77)80-64-27-50(55-21-44(33-73)15-45(22-55)34-74)7-11-60(64)61-12-8-51(28-65(61)80)56-23-46(35-75)16-47(24-56)36-76/h1-28,38-39H. The maximum Gasteiger partial charge on any atom is 0.0998 e. The van der Waals surface area contributed by atoms with Crippen molar-refractivity contribution in [1.29, 1.82) is 47.4 Å². The minimum Gasteiger partial charge on any atom is -0.307 e. The van der Waals surface area contributed by atoms with Crippen molar-refractivity contribution in [3.8, 4) is 122 Å². The number of hydrogen-bond donors (Lipinski definition) is 0. The molecule has 0 amide bonds. The Morgan fingerprint density at radius 2 is 0.550 bits per heavy atom. The normalized spacial score (nSPS) is 10.6. The van der Waals surface area contributed by atoms with Gasteiger partial charge in [0, 0.05) is 32.7 Å². The van der Waals surface area contributed by atoms with Crippen molar-refractivity contribution in [3.63, 3.8) is 0 Å². The van der Waals surface area contributed by atoms with E-state index in [4.69, 9.17) is 4.98 Å². The van der Waals surface area contributed by atoms with Gasteiger partial charge in [0.25, 0.3) is 0 Å². The third kappa shape index (κ3) is 8.08. The van der Waals surface area contributed by atoms with Gasteiger partial charge in [0.05, 0.1) is 151 Å². The largest absolute Gasteiger partial charge is 0.307 e. The van der Waals surface area contributed by atoms with Gasteiger partial charge in [0.1, 0.15) is 0 Å². The van der Waals surface area contributed by atoms with Gasteiger partial charge in [-0.2, -0.15) is 47.4 Å². The Hall–Kier alpha value is -12.9. The first kappa shape index (κ1) is 48.1. The molecule has 12 rings (SSSR count). The molecule has 0 spiro atoms. The van der Waals surface area contributed by atoms with Crippen LogP contribution in [0.5, 0.6) is 0 Å². The summed E-state index contributed by atoms with van der Waals surface area (Å²) >= 11 is 0. The SMILES string of the molecule is N#Cc1cc(C#N)cc(-c2ccc3c4ccc(-c5cc(C#N)cc(C#N)c5)cc4n(-c4cncc(-n5c6cc(-c7cc(C#N)cc(C#N)c7)ccc6c6ccc(-c7cc(C#N)cc(C#N)c7)cc65)c4-c4ccccc4C#N)c3c2)c1. The number of hydrogen-bond acceptors (Lipinski definition) is 10. The van der Waals surface area contributed by atoms with Crippen LogP contribution in [0.3, 0.4) is 0 Å². The van der Waals surface area contributed by atoms with Gasteiger partial charge < -0.3 is 9.13 Å². The summed E-state index contributed by atoms with van der Waals surface area (Å²) in [5.74, 6) is 0. The van der Waals surface area contributed by atoms with Crippen LogP contribution < -0.4 is 0 Å². The van der Waals surface area contributed by atoms with E-state index in [1.54, 1.807) is 73.1 Å². The van der Waals surface area contributed by atoms with Crippen molar-refractivity contribution >= 4 is 43.6 Å². The molecule has 0 saturated heterocycles. The summed E-state index contributed by atoms with van der Waals surface area (Å²) in [7, 11) is 0. The van der Waals surface area contributed by atoms with Gasteiger partial charge in [0.2, 0.25) is 0 Å². The predicted molar refractivity (Wildman–Crippen MR) is 303 cm³/mol. The average Bonchev–Trinajstić information content (AvgIpc) is 4.07. The number of nitriles is 9. The van der Waals surface area contributed by atoms with E-state index in [1.807, 2.05) is 84.9 Å². The number of pyridine rings is 1. The molecule has 362 valence electrons. The van der Waals surface area contributed by atoms with Gasteiger partial charge in [-0.05, 0) is 148 Å². The molecule has 0 fully saturated rings. The Morgan fingerprint density at radius 1 is 0.275 bits per heavy atom. The fourth-order valence-corrected chi connectivity index (χ4v) is 10.8. The lowest BCUT2D eigenvalue weighted by atomic mass is 9.97. The van der Waals surface area contributed by atoms with E-state index in [0.717, 1.165) is 21.5 Å². The molecule has 3 aromatic heterocycles. The molecule has 12 heteroatoms. The van der Waals surface area contributed by atoms with Crippen LogP contribution >= 0.6 is 0 Å². The Morgan fingerprint density at radius 3 is 0.812 bits per heavy atom. The van der Waals surface area contributed by atoms with Crippen molar-refractivity contribution < 1.29 is 0 Å². The molecule has 0 aliphatic carbocycles. The molecular formula is C68H30N12. The van der Waals surface area contributed by atoms with Gasteiger partial charge in [0.15, 0.2) is 0 Å². The molecule has 0 aliphatic rings. The van der Waals surface area contributed by atoms with Crippen LogP contribution in [0.4, 0.5) is 0 Å². The second-order valence-corrected chi connectivity index (χ2v) is 18.9. The number of fused-ring (bicyclic) bond motifs is 6. The summed E-state index contributed by atoms with van der Waals surface area (Å²) < 4.78 is 4.16.